The Balaban J connectivity index is 2.09. The van der Waals surface area contributed by atoms with Crippen LogP contribution in [0.1, 0.15) is 31.2 Å². The fraction of sp³-hybridized carbons (Fsp3) is 0.385. The zero-order valence-corrected chi connectivity index (χ0v) is 9.50. The summed E-state index contributed by atoms with van der Waals surface area (Å²) in [4.78, 5) is 14.9. The minimum Gasteiger partial charge on any atom is -0.454 e. The molecule has 0 bridgehead atoms. The maximum Gasteiger partial charge on any atom is 0.422 e. The van der Waals surface area contributed by atoms with Crippen LogP contribution in [-0.2, 0) is 9.53 Å². The first-order valence-electron chi connectivity index (χ1n) is 5.79. The molecule has 0 aliphatic heterocycles. The van der Waals surface area contributed by atoms with Gasteiger partial charge in [0, 0.05) is 0 Å². The summed E-state index contributed by atoms with van der Waals surface area (Å²) in [5.74, 6) is -0.550. The highest BCUT2D eigenvalue weighted by Crippen LogP contribution is 2.21. The number of esters is 1. The van der Waals surface area contributed by atoms with E-state index in [0.717, 1.165) is 25.7 Å². The Bertz CT molecular complexity index is 444. The molecule has 4 heteroatoms. The molecule has 17 heavy (non-hydrogen) atoms. The van der Waals surface area contributed by atoms with E-state index in [4.69, 9.17) is 10.3 Å². The second-order valence-corrected chi connectivity index (χ2v) is 4.13. The van der Waals surface area contributed by atoms with Crippen molar-refractivity contribution in [2.24, 2.45) is 0 Å². The van der Waals surface area contributed by atoms with Crippen LogP contribution in [0.25, 0.3) is 5.53 Å². The van der Waals surface area contributed by atoms with E-state index in [1.165, 1.54) is 0 Å². The number of carbonyl (C=O) groups excluding carboxylic acids is 1. The minimum absolute atomic E-state index is 0.0250. The molecule has 1 aromatic rings. The van der Waals surface area contributed by atoms with Gasteiger partial charge in [0.2, 0.25) is 0 Å². The van der Waals surface area contributed by atoms with Crippen molar-refractivity contribution < 1.29 is 14.3 Å². The molecule has 1 aliphatic rings. The summed E-state index contributed by atoms with van der Waals surface area (Å²) in [6.07, 6.45) is 3.96. The van der Waals surface area contributed by atoms with E-state index in [1.54, 1.807) is 24.3 Å². The Kier molecular flexibility index (Phi) is 3.68. The van der Waals surface area contributed by atoms with Gasteiger partial charge >= 0.3 is 11.7 Å². The first-order valence-corrected chi connectivity index (χ1v) is 5.79. The summed E-state index contributed by atoms with van der Waals surface area (Å²) < 4.78 is 5.29. The number of carbonyl (C=O) groups is 1. The van der Waals surface area contributed by atoms with E-state index in [1.807, 2.05) is 6.07 Å². The van der Waals surface area contributed by atoms with Crippen LogP contribution >= 0.6 is 0 Å². The van der Waals surface area contributed by atoms with Gasteiger partial charge in [-0.25, -0.2) is 4.79 Å². The van der Waals surface area contributed by atoms with Crippen molar-refractivity contribution in [3.05, 3.63) is 41.4 Å². The van der Waals surface area contributed by atoms with Crippen LogP contribution in [0.5, 0.6) is 0 Å². The van der Waals surface area contributed by atoms with E-state index >= 15 is 0 Å². The van der Waals surface area contributed by atoms with Crippen molar-refractivity contribution >= 4 is 11.7 Å². The Morgan fingerprint density at radius 3 is 2.47 bits per heavy atom. The maximum atomic E-state index is 11.8. The van der Waals surface area contributed by atoms with Gasteiger partial charge in [0.1, 0.15) is 6.10 Å². The lowest BCUT2D eigenvalue weighted by molar-refractivity contribution is -0.144. The summed E-state index contributed by atoms with van der Waals surface area (Å²) in [6, 6.07) is 8.82. The third-order valence-corrected chi connectivity index (χ3v) is 2.92. The molecular weight excluding hydrogens is 216 g/mol. The molecule has 88 valence electrons. The van der Waals surface area contributed by atoms with Gasteiger partial charge in [-0.15, -0.1) is 0 Å². The van der Waals surface area contributed by atoms with E-state index in [9.17, 15) is 4.79 Å². The van der Waals surface area contributed by atoms with Crippen molar-refractivity contribution in [3.63, 3.8) is 0 Å². The van der Waals surface area contributed by atoms with Crippen molar-refractivity contribution in [2.45, 2.75) is 31.8 Å². The normalized spacial score (nSPS) is 15.3. The summed E-state index contributed by atoms with van der Waals surface area (Å²) in [7, 11) is 0. The molecule has 4 nitrogen and oxygen atoms in total. The Morgan fingerprint density at radius 1 is 1.24 bits per heavy atom. The first-order chi connectivity index (χ1) is 8.31. The molecule has 0 atom stereocenters. The van der Waals surface area contributed by atoms with Gasteiger partial charge in [-0.2, -0.15) is 4.79 Å². The van der Waals surface area contributed by atoms with Crippen LogP contribution in [-0.4, -0.2) is 22.6 Å². The van der Waals surface area contributed by atoms with Gasteiger partial charge in [0.15, 0.2) is 0 Å². The van der Waals surface area contributed by atoms with E-state index in [0.29, 0.717) is 5.56 Å². The average Bonchev–Trinajstić information content (AvgIpc) is 2.84. The van der Waals surface area contributed by atoms with Gasteiger partial charge in [0.25, 0.3) is 0 Å². The molecule has 1 saturated carbocycles. The average molecular weight is 230 g/mol. The van der Waals surface area contributed by atoms with Gasteiger partial charge in [0.05, 0.1) is 5.56 Å². The third-order valence-electron chi connectivity index (χ3n) is 2.92. The predicted molar refractivity (Wildman–Crippen MR) is 62.5 cm³/mol. The van der Waals surface area contributed by atoms with E-state index in [-0.39, 0.29) is 11.8 Å². The molecule has 1 aliphatic carbocycles. The largest absolute Gasteiger partial charge is 0.454 e. The number of nitrogens with zero attached hydrogens (tertiary/aromatic N) is 2. The monoisotopic (exact) mass is 230 g/mol. The standard InChI is InChI=1S/C13H14N2O2/c14-15-12(10-6-2-1-3-7-10)13(16)17-11-8-4-5-9-11/h1-3,6-7,11H,4-5,8-9H2. The molecular formula is C13H14N2O2. The number of hydrogen-bond acceptors (Lipinski definition) is 2. The zero-order valence-electron chi connectivity index (χ0n) is 9.50. The van der Waals surface area contributed by atoms with Crippen molar-refractivity contribution in [2.75, 3.05) is 0 Å². The number of hydrogen-bond donors (Lipinski definition) is 0. The molecule has 2 rings (SSSR count). The number of ether oxygens (including phenoxy) is 1. The van der Waals surface area contributed by atoms with Crippen molar-refractivity contribution in [3.8, 4) is 0 Å². The van der Waals surface area contributed by atoms with Crippen LogP contribution in [0.2, 0.25) is 0 Å². The number of rotatable bonds is 3. The van der Waals surface area contributed by atoms with Gasteiger partial charge in [-0.1, -0.05) is 18.2 Å². The molecule has 0 saturated heterocycles. The van der Waals surface area contributed by atoms with Crippen LogP contribution < -0.4 is 0 Å². The molecule has 1 aromatic carbocycles. The predicted octanol–water partition coefficient (Wildman–Crippen LogP) is 2.19. The van der Waals surface area contributed by atoms with Gasteiger partial charge < -0.3 is 10.3 Å². The minimum atomic E-state index is -0.550. The molecule has 0 unspecified atom stereocenters. The lowest BCUT2D eigenvalue weighted by Gasteiger charge is -2.08. The topological polar surface area (TPSA) is 62.7 Å². The number of benzene rings is 1. The lowest BCUT2D eigenvalue weighted by atomic mass is 10.1. The molecule has 0 amide bonds. The summed E-state index contributed by atoms with van der Waals surface area (Å²) in [6.45, 7) is 0. The third kappa shape index (κ3) is 2.80. The fourth-order valence-corrected chi connectivity index (χ4v) is 2.03. The maximum absolute atomic E-state index is 11.8. The highest BCUT2D eigenvalue weighted by atomic mass is 16.5. The van der Waals surface area contributed by atoms with Crippen molar-refractivity contribution in [1.82, 2.24) is 0 Å². The summed E-state index contributed by atoms with van der Waals surface area (Å²) in [5.41, 5.74) is 9.45. The van der Waals surface area contributed by atoms with E-state index < -0.39 is 5.97 Å². The molecule has 0 aromatic heterocycles. The highest BCUT2D eigenvalue weighted by molar-refractivity contribution is 6.40. The fourth-order valence-electron chi connectivity index (χ4n) is 2.03. The summed E-state index contributed by atoms with van der Waals surface area (Å²) >= 11 is 0. The Morgan fingerprint density at radius 2 is 1.88 bits per heavy atom. The second kappa shape index (κ2) is 5.41. The van der Waals surface area contributed by atoms with Crippen molar-refractivity contribution in [1.29, 1.82) is 0 Å². The lowest BCUT2D eigenvalue weighted by Crippen LogP contribution is -2.24. The smallest absolute Gasteiger partial charge is 0.422 e. The highest BCUT2D eigenvalue weighted by Gasteiger charge is 2.28. The van der Waals surface area contributed by atoms with E-state index in [2.05, 4.69) is 4.79 Å². The summed E-state index contributed by atoms with van der Waals surface area (Å²) in [5, 5.41) is 0. The van der Waals surface area contributed by atoms with Crippen LogP contribution in [0.3, 0.4) is 0 Å². The van der Waals surface area contributed by atoms with Gasteiger partial charge in [-0.05, 0) is 37.8 Å². The quantitative estimate of drug-likeness (QED) is 0.346. The Hall–Kier alpha value is -1.93. The molecule has 0 heterocycles. The van der Waals surface area contributed by atoms with Gasteiger partial charge in [-0.3, -0.25) is 0 Å². The zero-order chi connectivity index (χ0) is 12.1. The molecule has 0 radical (unpaired) electrons. The second-order valence-electron chi connectivity index (χ2n) is 4.13. The first kappa shape index (κ1) is 11.6. The molecule has 1 fully saturated rings. The molecule has 0 N–H and O–H groups in total. The van der Waals surface area contributed by atoms with Crippen LogP contribution in [0, 0.1) is 0 Å². The van der Waals surface area contributed by atoms with Crippen LogP contribution in [0.15, 0.2) is 30.3 Å². The SMILES string of the molecule is [N-]=[N+]=C(C(=O)OC1CCCC1)c1ccccc1. The van der Waals surface area contributed by atoms with Crippen LogP contribution in [0.4, 0.5) is 0 Å². The Labute approximate surface area is 99.8 Å². The molecule has 0 spiro atoms.